The summed E-state index contributed by atoms with van der Waals surface area (Å²) in [6.45, 7) is 1.00. The van der Waals surface area contributed by atoms with Crippen LogP contribution in [-0.4, -0.2) is 40.9 Å². The van der Waals surface area contributed by atoms with E-state index in [1.807, 2.05) is 77.1 Å². The molecule has 0 radical (unpaired) electrons. The summed E-state index contributed by atoms with van der Waals surface area (Å²) >= 11 is 1.57. The smallest absolute Gasteiger partial charge is 0.250 e. The Morgan fingerprint density at radius 3 is 2.77 bits per heavy atom. The van der Waals surface area contributed by atoms with Gasteiger partial charge in [0.15, 0.2) is 0 Å². The van der Waals surface area contributed by atoms with Crippen LogP contribution in [0.5, 0.6) is 0 Å². The minimum Gasteiger partial charge on any atom is -0.350 e. The summed E-state index contributed by atoms with van der Waals surface area (Å²) in [7, 11) is 1.97. The molecule has 4 heterocycles. The lowest BCUT2D eigenvalue weighted by atomic mass is 9.94. The van der Waals surface area contributed by atoms with Gasteiger partial charge in [-0.1, -0.05) is 30.3 Å². The van der Waals surface area contributed by atoms with Crippen LogP contribution < -0.4 is 20.9 Å². The molecule has 3 N–H and O–H groups in total. The first kappa shape index (κ1) is 25.3. The van der Waals surface area contributed by atoms with Crippen LogP contribution in [0.15, 0.2) is 65.5 Å². The zero-order valence-electron chi connectivity index (χ0n) is 21.8. The number of hydrogen-bond donors (Lipinski definition) is 2. The summed E-state index contributed by atoms with van der Waals surface area (Å²) in [4.78, 5) is 43.4. The molecule has 0 bridgehead atoms. The lowest BCUT2D eigenvalue weighted by Gasteiger charge is -2.37. The van der Waals surface area contributed by atoms with E-state index in [0.717, 1.165) is 45.4 Å². The number of nitrogens with one attached hydrogen (secondary N) is 1. The maximum absolute atomic E-state index is 13.9. The summed E-state index contributed by atoms with van der Waals surface area (Å²) in [5.41, 5.74) is 11.9. The van der Waals surface area contributed by atoms with Gasteiger partial charge in [-0.2, -0.15) is 11.3 Å². The Hall–Kier alpha value is -3.95. The van der Waals surface area contributed by atoms with Crippen molar-refractivity contribution in [2.75, 3.05) is 16.3 Å². The van der Waals surface area contributed by atoms with Crippen LogP contribution in [0.1, 0.15) is 29.5 Å². The van der Waals surface area contributed by atoms with Crippen molar-refractivity contribution >= 4 is 51.3 Å². The predicted molar refractivity (Wildman–Crippen MR) is 154 cm³/mol. The van der Waals surface area contributed by atoms with Gasteiger partial charge in [0.2, 0.25) is 17.7 Å². The fourth-order valence-electron chi connectivity index (χ4n) is 5.81. The number of carbonyl (C=O) groups excluding carboxylic acids is 3. The molecule has 0 saturated carbocycles. The third-order valence-electron chi connectivity index (χ3n) is 7.71. The van der Waals surface area contributed by atoms with Crippen molar-refractivity contribution in [2.45, 2.75) is 44.3 Å². The van der Waals surface area contributed by atoms with E-state index >= 15 is 0 Å². The molecule has 3 amide bonds. The van der Waals surface area contributed by atoms with E-state index in [9.17, 15) is 14.4 Å². The number of rotatable bonds is 7. The number of amides is 3. The van der Waals surface area contributed by atoms with Crippen LogP contribution in [0.4, 0.5) is 11.4 Å². The fourth-order valence-corrected chi connectivity index (χ4v) is 6.47. The highest BCUT2D eigenvalue weighted by Gasteiger charge is 2.38. The van der Waals surface area contributed by atoms with Crippen molar-refractivity contribution < 1.29 is 14.4 Å². The van der Waals surface area contributed by atoms with Gasteiger partial charge in [-0.3, -0.25) is 14.4 Å². The zero-order chi connectivity index (χ0) is 27.1. The average Bonchev–Trinajstić information content (AvgIpc) is 3.67. The van der Waals surface area contributed by atoms with Crippen molar-refractivity contribution in [3.05, 3.63) is 82.2 Å². The maximum atomic E-state index is 13.9. The quantitative estimate of drug-likeness (QED) is 0.374. The molecule has 8 nitrogen and oxygen atoms in total. The van der Waals surface area contributed by atoms with Crippen molar-refractivity contribution in [2.24, 2.45) is 12.8 Å². The highest BCUT2D eigenvalue weighted by atomic mass is 32.1. The number of fused-ring (bicyclic) bond motifs is 2. The summed E-state index contributed by atoms with van der Waals surface area (Å²) in [6.07, 6.45) is 4.02. The molecule has 2 aromatic heterocycles. The van der Waals surface area contributed by atoms with Crippen molar-refractivity contribution in [3.8, 4) is 0 Å². The summed E-state index contributed by atoms with van der Waals surface area (Å²) < 4.78 is 2.03. The Balaban J connectivity index is 1.27. The van der Waals surface area contributed by atoms with E-state index in [1.54, 1.807) is 21.1 Å². The Morgan fingerprint density at radius 1 is 1.15 bits per heavy atom. The van der Waals surface area contributed by atoms with E-state index in [0.29, 0.717) is 32.4 Å². The highest BCUT2D eigenvalue weighted by molar-refractivity contribution is 7.07. The van der Waals surface area contributed by atoms with E-state index in [2.05, 4.69) is 5.32 Å². The zero-order valence-corrected chi connectivity index (χ0v) is 22.6. The number of aryl methyl sites for hydroxylation is 1. The average molecular weight is 542 g/mol. The number of para-hydroxylation sites is 2. The number of anilines is 2. The van der Waals surface area contributed by atoms with Gasteiger partial charge in [0, 0.05) is 43.5 Å². The first-order chi connectivity index (χ1) is 18.9. The summed E-state index contributed by atoms with van der Waals surface area (Å²) in [5.74, 6) is -0.481. The largest absolute Gasteiger partial charge is 0.350 e. The Kier molecular flexibility index (Phi) is 6.70. The highest BCUT2D eigenvalue weighted by Crippen LogP contribution is 2.40. The number of carbonyl (C=O) groups is 3. The van der Waals surface area contributed by atoms with Crippen molar-refractivity contribution in [3.63, 3.8) is 0 Å². The normalized spacial score (nSPS) is 18.1. The first-order valence-electron chi connectivity index (χ1n) is 13.2. The van der Waals surface area contributed by atoms with Gasteiger partial charge in [0.05, 0.1) is 24.0 Å². The second-order valence-corrected chi connectivity index (χ2v) is 11.1. The van der Waals surface area contributed by atoms with Crippen molar-refractivity contribution in [1.82, 2.24) is 9.88 Å². The molecule has 1 saturated heterocycles. The number of nitrogens with two attached hydrogens (primary N) is 1. The molecular formula is C30H31N5O3S. The van der Waals surface area contributed by atoms with Gasteiger partial charge < -0.3 is 25.4 Å². The lowest BCUT2D eigenvalue weighted by molar-refractivity contribution is -0.128. The van der Waals surface area contributed by atoms with E-state index in [1.165, 1.54) is 0 Å². The summed E-state index contributed by atoms with van der Waals surface area (Å²) in [5, 5.41) is 8.01. The third-order valence-corrected chi connectivity index (χ3v) is 8.45. The first-order valence-corrected chi connectivity index (χ1v) is 14.2. The number of benzene rings is 2. The molecule has 2 unspecified atom stereocenters. The molecular weight excluding hydrogens is 510 g/mol. The molecule has 4 aromatic rings. The van der Waals surface area contributed by atoms with Crippen LogP contribution >= 0.6 is 11.3 Å². The molecule has 2 aliphatic rings. The minimum atomic E-state index is -0.802. The molecule has 6 rings (SSSR count). The van der Waals surface area contributed by atoms with Crippen LogP contribution in [0, 0.1) is 0 Å². The lowest BCUT2D eigenvalue weighted by Crippen LogP contribution is -2.56. The van der Waals surface area contributed by atoms with Crippen LogP contribution in [0.3, 0.4) is 0 Å². The Labute approximate surface area is 231 Å². The van der Waals surface area contributed by atoms with E-state index < -0.39 is 12.1 Å². The fraction of sp³-hybridized carbons (Fsp3) is 0.300. The molecule has 200 valence electrons. The molecule has 2 atom stereocenters. The second-order valence-electron chi connectivity index (χ2n) is 10.3. The van der Waals surface area contributed by atoms with Gasteiger partial charge in [-0.15, -0.1) is 0 Å². The molecule has 0 spiro atoms. The molecule has 2 aromatic carbocycles. The number of nitrogens with zero attached hydrogens (tertiary/aromatic N) is 3. The molecule has 2 aliphatic heterocycles. The second kappa shape index (κ2) is 10.3. The topological polar surface area (TPSA) is 101 Å². The van der Waals surface area contributed by atoms with Gasteiger partial charge in [-0.25, -0.2) is 0 Å². The SMILES string of the molecule is Cn1cc(CC(N)C(=O)NC2Cc3cccc(N4CCCC4=O)c3N(Cc3ccsc3)C2=O)c2ccccc21. The number of thiophene rings is 1. The van der Waals surface area contributed by atoms with Crippen LogP contribution in [0.2, 0.25) is 0 Å². The number of hydrogen-bond acceptors (Lipinski definition) is 5. The van der Waals surface area contributed by atoms with E-state index in [-0.39, 0.29) is 17.7 Å². The third kappa shape index (κ3) is 4.72. The number of aromatic nitrogens is 1. The van der Waals surface area contributed by atoms with Gasteiger partial charge in [0.1, 0.15) is 6.04 Å². The Morgan fingerprint density at radius 2 is 2.00 bits per heavy atom. The van der Waals surface area contributed by atoms with Crippen molar-refractivity contribution in [1.29, 1.82) is 0 Å². The van der Waals surface area contributed by atoms with Gasteiger partial charge in [0.25, 0.3) is 0 Å². The van der Waals surface area contributed by atoms with Crippen LogP contribution in [0.25, 0.3) is 10.9 Å². The van der Waals surface area contributed by atoms with Gasteiger partial charge >= 0.3 is 0 Å². The van der Waals surface area contributed by atoms with Crippen LogP contribution in [-0.2, 0) is 40.8 Å². The van der Waals surface area contributed by atoms with E-state index in [4.69, 9.17) is 5.73 Å². The Bertz CT molecular complexity index is 1560. The minimum absolute atomic E-state index is 0.0705. The van der Waals surface area contributed by atoms with Gasteiger partial charge in [-0.05, 0) is 58.5 Å². The molecule has 0 aliphatic carbocycles. The summed E-state index contributed by atoms with van der Waals surface area (Å²) in [6, 6.07) is 14.3. The standard InChI is InChI=1S/C30H31N5O3S/c1-33-17-21(22-7-2-3-8-25(22)33)14-23(31)29(37)32-24-15-20-6-4-9-26(34-12-5-10-27(34)36)28(20)35(30(24)38)16-19-11-13-39-18-19/h2-4,6-9,11,13,17-18,23-24H,5,10,12,14-16,31H2,1H3,(H,32,37). The molecule has 39 heavy (non-hydrogen) atoms. The molecule has 9 heteroatoms. The monoisotopic (exact) mass is 541 g/mol. The maximum Gasteiger partial charge on any atom is 0.250 e. The molecule has 1 fully saturated rings. The predicted octanol–water partition coefficient (Wildman–Crippen LogP) is 3.51.